The van der Waals surface area contributed by atoms with Gasteiger partial charge in [-0.25, -0.2) is 0 Å². The molecule has 2 unspecified atom stereocenters. The molecule has 1 N–H and O–H groups in total. The zero-order valence-electron chi connectivity index (χ0n) is 18.4. The highest BCUT2D eigenvalue weighted by atomic mass is 16.6. The van der Waals surface area contributed by atoms with Gasteiger partial charge in [0.2, 0.25) is 0 Å². The Morgan fingerprint density at radius 2 is 1.59 bits per heavy atom. The molecule has 1 aromatic heterocycles. The third kappa shape index (κ3) is 4.55. The van der Waals surface area contributed by atoms with Crippen molar-refractivity contribution in [1.29, 1.82) is 0 Å². The molecule has 0 saturated heterocycles. The van der Waals surface area contributed by atoms with E-state index in [1.807, 2.05) is 6.20 Å². The summed E-state index contributed by atoms with van der Waals surface area (Å²) < 4.78 is 19.8. The summed E-state index contributed by atoms with van der Waals surface area (Å²) in [7, 11) is 0. The summed E-state index contributed by atoms with van der Waals surface area (Å²) in [5.74, 6) is 0. The van der Waals surface area contributed by atoms with Crippen LogP contribution in [-0.4, -0.2) is 60.1 Å². The normalized spacial score (nSPS) is 38.1. The first-order valence-corrected chi connectivity index (χ1v) is 11.2. The number of aryl methyl sites for hydroxylation is 1. The molecule has 4 aliphatic rings. The number of nitrogens with zero attached hydrogens (tertiary/aromatic N) is 2. The van der Waals surface area contributed by atoms with Gasteiger partial charge in [0.1, 0.15) is 0 Å². The van der Waals surface area contributed by atoms with Crippen LogP contribution in [0.2, 0.25) is 0 Å². The lowest BCUT2D eigenvalue weighted by atomic mass is 9.39. The fourth-order valence-corrected chi connectivity index (χ4v) is 7.74. The van der Waals surface area contributed by atoms with Crippen molar-refractivity contribution in [3.05, 3.63) is 18.0 Å². The highest BCUT2D eigenvalue weighted by Crippen LogP contribution is 2.71. The summed E-state index contributed by atoms with van der Waals surface area (Å²) >= 11 is 0. The van der Waals surface area contributed by atoms with Crippen LogP contribution in [-0.2, 0) is 20.8 Å². The monoisotopic (exact) mass is 406 g/mol. The summed E-state index contributed by atoms with van der Waals surface area (Å²) in [6, 6.07) is 2.11. The number of rotatable bonds is 11. The van der Waals surface area contributed by atoms with Gasteiger partial charge in [-0.2, -0.15) is 5.10 Å². The van der Waals surface area contributed by atoms with Crippen molar-refractivity contribution in [2.24, 2.45) is 16.2 Å². The van der Waals surface area contributed by atoms with Crippen molar-refractivity contribution >= 4 is 0 Å². The largest absolute Gasteiger partial charge is 0.394 e. The molecule has 5 rings (SSSR count). The molecule has 6 heteroatoms. The molecule has 164 valence electrons. The third-order valence-corrected chi connectivity index (χ3v) is 7.31. The second-order valence-electron chi connectivity index (χ2n) is 10.8. The van der Waals surface area contributed by atoms with Gasteiger partial charge in [-0.15, -0.1) is 0 Å². The third-order valence-electron chi connectivity index (χ3n) is 7.31. The lowest BCUT2D eigenvalue weighted by Gasteiger charge is -2.69. The predicted octanol–water partition coefficient (Wildman–Crippen LogP) is 3.35. The topological polar surface area (TPSA) is 65.7 Å². The minimum Gasteiger partial charge on any atom is -0.394 e. The van der Waals surface area contributed by atoms with Crippen molar-refractivity contribution in [1.82, 2.24) is 9.78 Å². The molecule has 0 amide bonds. The van der Waals surface area contributed by atoms with Gasteiger partial charge < -0.3 is 19.3 Å². The van der Waals surface area contributed by atoms with E-state index in [1.54, 1.807) is 0 Å². The average Bonchev–Trinajstić information content (AvgIpc) is 2.98. The van der Waals surface area contributed by atoms with Gasteiger partial charge >= 0.3 is 0 Å². The first-order chi connectivity index (χ1) is 13.8. The van der Waals surface area contributed by atoms with Gasteiger partial charge in [-0.3, -0.25) is 4.68 Å². The number of ether oxygens (including phenoxy) is 3. The summed E-state index contributed by atoms with van der Waals surface area (Å²) in [6.45, 7) is 10.9. The number of hydrogen-bond donors (Lipinski definition) is 1. The van der Waals surface area contributed by atoms with Gasteiger partial charge in [0.25, 0.3) is 0 Å². The Balaban J connectivity index is 1.39. The van der Waals surface area contributed by atoms with E-state index in [-0.39, 0.29) is 17.6 Å². The van der Waals surface area contributed by atoms with E-state index < -0.39 is 0 Å². The zero-order chi connectivity index (χ0) is 20.6. The molecule has 1 aromatic rings. The van der Waals surface area contributed by atoms with E-state index in [2.05, 4.69) is 36.6 Å². The standard InChI is InChI=1S/C23H38N2O4/c1-19-4-5-24-25(19)18-22-13-20(2)12-21(3,14-22)16-23(15-20,17-22)29-11-10-28-9-8-27-7-6-26/h4-5,26H,6-18H2,1-3H3. The van der Waals surface area contributed by atoms with Crippen LogP contribution in [0.5, 0.6) is 0 Å². The Labute approximate surface area is 174 Å². The number of aliphatic hydroxyl groups is 1. The molecule has 0 radical (unpaired) electrons. The Bertz CT molecular complexity index is 685. The van der Waals surface area contributed by atoms with Crippen molar-refractivity contribution in [2.75, 3.05) is 39.6 Å². The predicted molar refractivity (Wildman–Crippen MR) is 111 cm³/mol. The van der Waals surface area contributed by atoms with Crippen LogP contribution in [0, 0.1) is 23.2 Å². The molecule has 29 heavy (non-hydrogen) atoms. The van der Waals surface area contributed by atoms with Gasteiger partial charge in [-0.05, 0) is 67.8 Å². The van der Waals surface area contributed by atoms with Crippen LogP contribution in [0.4, 0.5) is 0 Å². The van der Waals surface area contributed by atoms with Crippen LogP contribution in [0.3, 0.4) is 0 Å². The minimum atomic E-state index is -0.0178. The minimum absolute atomic E-state index is 0.0178. The molecule has 2 atom stereocenters. The summed E-state index contributed by atoms with van der Waals surface area (Å²) in [5.41, 5.74) is 2.25. The summed E-state index contributed by atoms with van der Waals surface area (Å²) in [5, 5.41) is 13.3. The number of hydrogen-bond acceptors (Lipinski definition) is 5. The molecule has 0 spiro atoms. The maximum Gasteiger partial charge on any atom is 0.0708 e. The average molecular weight is 407 g/mol. The molecule has 0 aliphatic heterocycles. The van der Waals surface area contributed by atoms with Gasteiger partial charge in [-0.1, -0.05) is 13.8 Å². The van der Waals surface area contributed by atoms with Crippen molar-refractivity contribution in [3.63, 3.8) is 0 Å². The van der Waals surface area contributed by atoms with Crippen molar-refractivity contribution < 1.29 is 19.3 Å². The fourth-order valence-electron chi connectivity index (χ4n) is 7.74. The molecule has 4 fully saturated rings. The van der Waals surface area contributed by atoms with E-state index in [0.29, 0.717) is 43.9 Å². The molecule has 0 aromatic carbocycles. The lowest BCUT2D eigenvalue weighted by Crippen LogP contribution is -2.64. The second kappa shape index (κ2) is 7.95. The Kier molecular flexibility index (Phi) is 5.84. The quantitative estimate of drug-likeness (QED) is 0.571. The molecular formula is C23H38N2O4. The highest BCUT2D eigenvalue weighted by molar-refractivity contribution is 5.17. The first-order valence-electron chi connectivity index (χ1n) is 11.2. The van der Waals surface area contributed by atoms with Gasteiger partial charge in [0.05, 0.1) is 45.2 Å². The van der Waals surface area contributed by atoms with Gasteiger partial charge in [0, 0.05) is 18.4 Å². The number of aliphatic hydroxyl groups excluding tert-OH is 1. The Morgan fingerprint density at radius 1 is 0.931 bits per heavy atom. The zero-order valence-corrected chi connectivity index (χ0v) is 18.4. The smallest absolute Gasteiger partial charge is 0.0708 e. The molecule has 6 nitrogen and oxygen atoms in total. The Hall–Kier alpha value is -0.950. The fraction of sp³-hybridized carbons (Fsp3) is 0.870. The molecule has 1 heterocycles. The lowest BCUT2D eigenvalue weighted by molar-refractivity contribution is -0.250. The van der Waals surface area contributed by atoms with Crippen molar-refractivity contribution in [2.45, 2.75) is 71.4 Å². The van der Waals surface area contributed by atoms with Crippen LogP contribution in [0.25, 0.3) is 0 Å². The molecule has 4 saturated carbocycles. The molecular weight excluding hydrogens is 368 g/mol. The second-order valence-corrected chi connectivity index (χ2v) is 10.8. The van der Waals surface area contributed by atoms with Crippen LogP contribution < -0.4 is 0 Å². The van der Waals surface area contributed by atoms with Crippen LogP contribution >= 0.6 is 0 Å². The van der Waals surface area contributed by atoms with E-state index in [1.165, 1.54) is 37.8 Å². The first kappa shape index (κ1) is 21.3. The SMILES string of the molecule is Cc1ccnn1CC12CC3(C)CC(C)(C1)CC(OCCOCCOCCO)(C3)C2. The van der Waals surface area contributed by atoms with Crippen LogP contribution in [0.1, 0.15) is 58.1 Å². The summed E-state index contributed by atoms with van der Waals surface area (Å²) in [6.07, 6.45) is 9.32. The molecule has 4 aliphatic carbocycles. The summed E-state index contributed by atoms with van der Waals surface area (Å²) in [4.78, 5) is 0. The van der Waals surface area contributed by atoms with Gasteiger partial charge in [0.15, 0.2) is 0 Å². The number of aromatic nitrogens is 2. The maximum absolute atomic E-state index is 8.73. The Morgan fingerprint density at radius 3 is 2.21 bits per heavy atom. The molecule has 4 bridgehead atoms. The van der Waals surface area contributed by atoms with E-state index in [9.17, 15) is 0 Å². The van der Waals surface area contributed by atoms with Crippen LogP contribution in [0.15, 0.2) is 12.3 Å². The van der Waals surface area contributed by atoms with Crippen molar-refractivity contribution in [3.8, 4) is 0 Å². The highest BCUT2D eigenvalue weighted by Gasteiger charge is 2.66. The van der Waals surface area contributed by atoms with E-state index in [4.69, 9.17) is 19.3 Å². The van der Waals surface area contributed by atoms with E-state index >= 15 is 0 Å². The maximum atomic E-state index is 8.73. The van der Waals surface area contributed by atoms with E-state index in [0.717, 1.165) is 13.0 Å².